The summed E-state index contributed by atoms with van der Waals surface area (Å²) in [5.74, 6) is 0.476. The molecule has 4 heteroatoms. The number of carboxylic acid groups (broad SMARTS) is 1. The molecular weight excluding hydrogens is 256 g/mol. The highest BCUT2D eigenvalue weighted by atomic mass is 16.5. The maximum absolute atomic E-state index is 11.2. The number of methoxy groups -OCH3 is 1. The number of aryl methyl sites for hydroxylation is 1. The molecule has 2 rings (SSSR count). The lowest BCUT2D eigenvalue weighted by molar-refractivity contribution is 0.0694. The Morgan fingerprint density at radius 1 is 1.10 bits per heavy atom. The quantitative estimate of drug-likeness (QED) is 0.907. The zero-order valence-corrected chi connectivity index (χ0v) is 11.4. The number of rotatable bonds is 5. The van der Waals surface area contributed by atoms with Gasteiger partial charge >= 0.3 is 5.97 Å². The molecule has 0 aliphatic rings. The molecule has 1 N–H and O–H groups in total. The van der Waals surface area contributed by atoms with Gasteiger partial charge in [0.2, 0.25) is 0 Å². The summed E-state index contributed by atoms with van der Waals surface area (Å²) < 4.78 is 10.7. The Balaban J connectivity index is 2.12. The third-order valence-electron chi connectivity index (χ3n) is 2.95. The van der Waals surface area contributed by atoms with E-state index in [1.54, 1.807) is 43.5 Å². The first-order valence-electron chi connectivity index (χ1n) is 6.20. The molecule has 0 radical (unpaired) electrons. The van der Waals surface area contributed by atoms with E-state index in [1.165, 1.54) is 0 Å². The van der Waals surface area contributed by atoms with Crippen molar-refractivity contribution < 1.29 is 19.4 Å². The van der Waals surface area contributed by atoms with Crippen molar-refractivity contribution in [3.05, 3.63) is 59.2 Å². The predicted octanol–water partition coefficient (Wildman–Crippen LogP) is 3.28. The van der Waals surface area contributed by atoms with Gasteiger partial charge in [0.05, 0.1) is 12.7 Å². The van der Waals surface area contributed by atoms with E-state index in [0.717, 1.165) is 11.3 Å². The lowest BCUT2D eigenvalue weighted by atomic mass is 10.1. The van der Waals surface area contributed by atoms with E-state index in [-0.39, 0.29) is 12.2 Å². The maximum atomic E-state index is 11.2. The van der Waals surface area contributed by atoms with Gasteiger partial charge in [-0.25, -0.2) is 4.79 Å². The van der Waals surface area contributed by atoms with Crippen LogP contribution in [0.4, 0.5) is 0 Å². The van der Waals surface area contributed by atoms with Gasteiger partial charge in [-0.3, -0.25) is 0 Å². The molecule has 0 fully saturated rings. The van der Waals surface area contributed by atoms with Crippen LogP contribution in [0.3, 0.4) is 0 Å². The Labute approximate surface area is 117 Å². The van der Waals surface area contributed by atoms with E-state index in [2.05, 4.69) is 0 Å². The van der Waals surface area contributed by atoms with Gasteiger partial charge < -0.3 is 14.6 Å². The lowest BCUT2D eigenvalue weighted by Crippen LogP contribution is -2.06. The lowest BCUT2D eigenvalue weighted by Gasteiger charge is -2.10. The Hall–Kier alpha value is -2.49. The van der Waals surface area contributed by atoms with Gasteiger partial charge in [-0.1, -0.05) is 17.7 Å². The first kappa shape index (κ1) is 13.9. The number of hydrogen-bond donors (Lipinski definition) is 1. The molecule has 0 aliphatic carbocycles. The Morgan fingerprint density at radius 2 is 1.75 bits per heavy atom. The van der Waals surface area contributed by atoms with Gasteiger partial charge in [0, 0.05) is 5.56 Å². The van der Waals surface area contributed by atoms with Crippen molar-refractivity contribution >= 4 is 5.97 Å². The van der Waals surface area contributed by atoms with Crippen LogP contribution in [0.1, 0.15) is 21.5 Å². The van der Waals surface area contributed by atoms with Gasteiger partial charge in [-0.2, -0.15) is 0 Å². The van der Waals surface area contributed by atoms with Crippen molar-refractivity contribution in [2.45, 2.75) is 13.5 Å². The minimum absolute atomic E-state index is 0.217. The van der Waals surface area contributed by atoms with E-state index < -0.39 is 5.97 Å². The number of ether oxygens (including phenoxy) is 2. The first-order valence-corrected chi connectivity index (χ1v) is 6.20. The Bertz CT molecular complexity index is 602. The van der Waals surface area contributed by atoms with Gasteiger partial charge in [-0.05, 0) is 37.3 Å². The monoisotopic (exact) mass is 272 g/mol. The summed E-state index contributed by atoms with van der Waals surface area (Å²) in [7, 11) is 1.60. The average molecular weight is 272 g/mol. The summed E-state index contributed by atoms with van der Waals surface area (Å²) >= 11 is 0. The minimum atomic E-state index is -0.943. The molecular formula is C16H16O4. The third-order valence-corrected chi connectivity index (χ3v) is 2.95. The predicted molar refractivity (Wildman–Crippen MR) is 75.5 cm³/mol. The van der Waals surface area contributed by atoms with Crippen molar-refractivity contribution in [1.29, 1.82) is 0 Å². The number of hydrogen-bond acceptors (Lipinski definition) is 3. The molecule has 0 aromatic heterocycles. The third kappa shape index (κ3) is 3.29. The molecule has 2 aromatic rings. The van der Waals surface area contributed by atoms with Crippen LogP contribution in [0.2, 0.25) is 0 Å². The number of aromatic carboxylic acids is 1. The van der Waals surface area contributed by atoms with Gasteiger partial charge in [0.25, 0.3) is 0 Å². The standard InChI is InChI=1S/C16H16O4/c1-11-3-4-12(15(9-11)16(17)18)10-20-14-7-5-13(19-2)6-8-14/h3-9H,10H2,1-2H3,(H,17,18). The molecule has 0 saturated carbocycles. The summed E-state index contributed by atoms with van der Waals surface area (Å²) in [6.07, 6.45) is 0. The van der Waals surface area contributed by atoms with Gasteiger partial charge in [-0.15, -0.1) is 0 Å². The average Bonchev–Trinajstić information content (AvgIpc) is 2.46. The van der Waals surface area contributed by atoms with E-state index in [9.17, 15) is 9.90 Å². The van der Waals surface area contributed by atoms with Crippen LogP contribution >= 0.6 is 0 Å². The van der Waals surface area contributed by atoms with Crippen molar-refractivity contribution in [2.75, 3.05) is 7.11 Å². The van der Waals surface area contributed by atoms with Crippen LogP contribution in [0.25, 0.3) is 0 Å². The molecule has 0 heterocycles. The van der Waals surface area contributed by atoms with Crippen LogP contribution in [0.5, 0.6) is 11.5 Å². The normalized spacial score (nSPS) is 10.1. The molecule has 20 heavy (non-hydrogen) atoms. The van der Waals surface area contributed by atoms with Crippen LogP contribution in [0, 0.1) is 6.92 Å². The smallest absolute Gasteiger partial charge is 0.336 e. The summed E-state index contributed by atoms with van der Waals surface area (Å²) in [4.78, 5) is 11.2. The summed E-state index contributed by atoms with van der Waals surface area (Å²) in [5.41, 5.74) is 1.84. The molecule has 2 aromatic carbocycles. The van der Waals surface area contributed by atoms with E-state index in [4.69, 9.17) is 9.47 Å². The second kappa shape index (κ2) is 6.10. The van der Waals surface area contributed by atoms with Crippen LogP contribution in [-0.2, 0) is 6.61 Å². The van der Waals surface area contributed by atoms with Crippen LogP contribution in [0.15, 0.2) is 42.5 Å². The zero-order valence-electron chi connectivity index (χ0n) is 11.4. The topological polar surface area (TPSA) is 55.8 Å². The Kier molecular flexibility index (Phi) is 4.25. The number of carbonyl (C=O) groups is 1. The summed E-state index contributed by atoms with van der Waals surface area (Å²) in [6, 6.07) is 12.5. The van der Waals surface area contributed by atoms with Crippen LogP contribution < -0.4 is 9.47 Å². The minimum Gasteiger partial charge on any atom is -0.497 e. The van der Waals surface area contributed by atoms with Gasteiger partial charge in [0.1, 0.15) is 18.1 Å². The fourth-order valence-electron chi connectivity index (χ4n) is 1.85. The molecule has 0 amide bonds. The van der Waals surface area contributed by atoms with Crippen molar-refractivity contribution in [1.82, 2.24) is 0 Å². The maximum Gasteiger partial charge on any atom is 0.336 e. The fourth-order valence-corrected chi connectivity index (χ4v) is 1.85. The highest BCUT2D eigenvalue weighted by Gasteiger charge is 2.10. The van der Waals surface area contributed by atoms with Gasteiger partial charge in [0.15, 0.2) is 0 Å². The summed E-state index contributed by atoms with van der Waals surface area (Å²) in [6.45, 7) is 2.08. The highest BCUT2D eigenvalue weighted by molar-refractivity contribution is 5.89. The molecule has 4 nitrogen and oxygen atoms in total. The SMILES string of the molecule is COc1ccc(OCc2ccc(C)cc2C(=O)O)cc1. The number of carboxylic acids is 1. The fraction of sp³-hybridized carbons (Fsp3) is 0.188. The second-order valence-electron chi connectivity index (χ2n) is 4.43. The van der Waals surface area contributed by atoms with Crippen molar-refractivity contribution in [3.63, 3.8) is 0 Å². The highest BCUT2D eigenvalue weighted by Crippen LogP contribution is 2.19. The second-order valence-corrected chi connectivity index (χ2v) is 4.43. The Morgan fingerprint density at radius 3 is 2.35 bits per heavy atom. The number of benzene rings is 2. The van der Waals surface area contributed by atoms with Crippen LogP contribution in [-0.4, -0.2) is 18.2 Å². The van der Waals surface area contributed by atoms with E-state index in [1.807, 2.05) is 13.0 Å². The van der Waals surface area contributed by atoms with E-state index in [0.29, 0.717) is 11.3 Å². The molecule has 0 aliphatic heterocycles. The molecule has 0 spiro atoms. The molecule has 0 atom stereocenters. The van der Waals surface area contributed by atoms with Crippen molar-refractivity contribution in [3.8, 4) is 11.5 Å². The van der Waals surface area contributed by atoms with E-state index >= 15 is 0 Å². The van der Waals surface area contributed by atoms with Crippen molar-refractivity contribution in [2.24, 2.45) is 0 Å². The molecule has 0 saturated heterocycles. The molecule has 104 valence electrons. The molecule has 0 unspecified atom stereocenters. The summed E-state index contributed by atoms with van der Waals surface area (Å²) in [5, 5.41) is 9.18. The largest absolute Gasteiger partial charge is 0.497 e. The first-order chi connectivity index (χ1) is 9.60. The zero-order chi connectivity index (χ0) is 14.5. The molecule has 0 bridgehead atoms.